The predicted molar refractivity (Wildman–Crippen MR) is 135 cm³/mol. The van der Waals surface area contributed by atoms with Crippen LogP contribution < -0.4 is 0 Å². The summed E-state index contributed by atoms with van der Waals surface area (Å²) in [6.07, 6.45) is -0.235. The Morgan fingerprint density at radius 1 is 0.769 bits per heavy atom. The molecule has 0 saturated heterocycles. The highest BCUT2D eigenvalue weighted by Crippen LogP contribution is 2.33. The Morgan fingerprint density at radius 3 is 1.54 bits per heavy atom. The van der Waals surface area contributed by atoms with E-state index < -0.39 is 67.5 Å². The molecule has 1 aliphatic carbocycles. The largest absolute Gasteiger partial charge is 0.504 e. The van der Waals surface area contributed by atoms with Gasteiger partial charge in [0.25, 0.3) is 0 Å². The average molecular weight is 545 g/mol. The van der Waals surface area contributed by atoms with Gasteiger partial charge in [0.1, 0.15) is 19.3 Å². The molecule has 2 atom stereocenters. The maximum Gasteiger partial charge on any atom is 0.335 e. The van der Waals surface area contributed by atoms with Gasteiger partial charge in [-0.15, -0.1) is 0 Å². The molecule has 0 unspecified atom stereocenters. The van der Waals surface area contributed by atoms with E-state index in [-0.39, 0.29) is 23.0 Å². The molecule has 0 radical (unpaired) electrons. The van der Waals surface area contributed by atoms with E-state index >= 15 is 0 Å². The van der Waals surface area contributed by atoms with Gasteiger partial charge < -0.3 is 45.2 Å². The molecule has 1 saturated carbocycles. The lowest BCUT2D eigenvalue weighted by atomic mass is 9.79. The van der Waals surface area contributed by atoms with E-state index in [1.807, 2.05) is 0 Å². The van der Waals surface area contributed by atoms with Gasteiger partial charge in [-0.2, -0.15) is 0 Å². The van der Waals surface area contributed by atoms with E-state index in [4.69, 9.17) is 9.47 Å². The molecule has 12 nitrogen and oxygen atoms in total. The van der Waals surface area contributed by atoms with Crippen molar-refractivity contribution in [2.75, 3.05) is 13.2 Å². The minimum absolute atomic E-state index is 0.328. The number of rotatable bonds is 11. The van der Waals surface area contributed by atoms with E-state index in [9.17, 15) is 50.1 Å². The summed E-state index contributed by atoms with van der Waals surface area (Å²) in [7, 11) is 0. The third-order valence-electron chi connectivity index (χ3n) is 6.04. The van der Waals surface area contributed by atoms with Gasteiger partial charge in [0.05, 0.1) is 12.2 Å². The average Bonchev–Trinajstić information content (AvgIpc) is 2.89. The van der Waals surface area contributed by atoms with Crippen LogP contribution >= 0.6 is 0 Å². The highest BCUT2D eigenvalue weighted by molar-refractivity contribution is 5.95. The van der Waals surface area contributed by atoms with Gasteiger partial charge in [-0.05, 0) is 47.5 Å². The molecule has 0 bridgehead atoms. The summed E-state index contributed by atoms with van der Waals surface area (Å²) in [5.41, 5.74) is -1.53. The van der Waals surface area contributed by atoms with Crippen LogP contribution in [0.15, 0.2) is 48.6 Å². The molecule has 2 aromatic carbocycles. The number of aromatic hydroxyl groups is 4. The summed E-state index contributed by atoms with van der Waals surface area (Å²) in [5, 5.41) is 68.5. The number of ether oxygens (including phenoxy) is 2. The first kappa shape index (κ1) is 29.3. The fourth-order valence-electron chi connectivity index (χ4n) is 3.86. The zero-order valence-electron chi connectivity index (χ0n) is 20.5. The summed E-state index contributed by atoms with van der Waals surface area (Å²) in [6, 6.07) is 7.82. The first-order chi connectivity index (χ1) is 18.4. The standard InChI is InChI=1S/C27H28O12/c28-17(5-1-15-3-7-19(30)21(32)9-15)13-38-23-11-27(37,26(35)36)12-24(25(23)34)39-14-18(29)6-2-16-4-8-20(31)22(33)10-16/h1-10,23-25,30-34,37H,11-14H2,(H,35,36)/b5-1+,6-2+/t23-,24-,25?,27?/m1/s1. The minimum atomic E-state index is -2.35. The molecular formula is C27H28O12. The van der Waals surface area contributed by atoms with Crippen LogP contribution in [0.5, 0.6) is 23.0 Å². The third-order valence-corrected chi connectivity index (χ3v) is 6.04. The normalized spacial score (nSPS) is 23.3. The van der Waals surface area contributed by atoms with Crippen molar-refractivity contribution in [3.05, 3.63) is 59.7 Å². The van der Waals surface area contributed by atoms with Crippen LogP contribution in [0.4, 0.5) is 0 Å². The summed E-state index contributed by atoms with van der Waals surface area (Å²) >= 11 is 0. The summed E-state index contributed by atoms with van der Waals surface area (Å²) < 4.78 is 10.8. The van der Waals surface area contributed by atoms with Crippen molar-refractivity contribution in [3.63, 3.8) is 0 Å². The second-order valence-corrected chi connectivity index (χ2v) is 9.03. The highest BCUT2D eigenvalue weighted by Gasteiger charge is 2.50. The zero-order valence-corrected chi connectivity index (χ0v) is 20.5. The number of ketones is 2. The molecule has 7 N–H and O–H groups in total. The van der Waals surface area contributed by atoms with Crippen LogP contribution in [0, 0.1) is 0 Å². The number of aliphatic carboxylic acids is 1. The number of hydrogen-bond donors (Lipinski definition) is 7. The number of carbonyl (C=O) groups excluding carboxylic acids is 2. The molecular weight excluding hydrogens is 516 g/mol. The van der Waals surface area contributed by atoms with E-state index in [2.05, 4.69) is 0 Å². The lowest BCUT2D eigenvalue weighted by molar-refractivity contribution is -0.201. The molecule has 1 aliphatic rings. The van der Waals surface area contributed by atoms with Gasteiger partial charge in [0, 0.05) is 12.8 Å². The fourth-order valence-corrected chi connectivity index (χ4v) is 3.86. The summed E-state index contributed by atoms with van der Waals surface area (Å²) in [6.45, 7) is -1.16. The lowest BCUT2D eigenvalue weighted by Crippen LogP contribution is -2.57. The van der Waals surface area contributed by atoms with Crippen molar-refractivity contribution in [3.8, 4) is 23.0 Å². The third kappa shape index (κ3) is 7.88. The topological polar surface area (TPSA) is 211 Å². The SMILES string of the molecule is O=C(/C=C/c1ccc(O)c(O)c1)CO[C@@H]1CC(O)(C(=O)O)C[C@@H](OCC(=O)/C=C/c2ccc(O)c(O)c2)C1O. The Bertz CT molecular complexity index is 1190. The number of benzene rings is 2. The van der Waals surface area contributed by atoms with Gasteiger partial charge in [0.2, 0.25) is 0 Å². The number of aliphatic hydroxyl groups excluding tert-OH is 1. The molecule has 2 aromatic rings. The van der Waals surface area contributed by atoms with Crippen molar-refractivity contribution in [2.24, 2.45) is 0 Å². The van der Waals surface area contributed by atoms with Crippen LogP contribution in [0.2, 0.25) is 0 Å². The molecule has 0 spiro atoms. The van der Waals surface area contributed by atoms with Crippen LogP contribution in [0.1, 0.15) is 24.0 Å². The number of phenolic OH excluding ortho intramolecular Hbond substituents is 4. The molecule has 208 valence electrons. The van der Waals surface area contributed by atoms with Crippen molar-refractivity contribution in [2.45, 2.75) is 36.8 Å². The molecule has 0 amide bonds. The Balaban J connectivity index is 1.60. The van der Waals surface area contributed by atoms with E-state index in [0.29, 0.717) is 11.1 Å². The van der Waals surface area contributed by atoms with Gasteiger partial charge in [-0.1, -0.05) is 24.3 Å². The number of carbonyl (C=O) groups is 3. The van der Waals surface area contributed by atoms with Crippen molar-refractivity contribution >= 4 is 29.7 Å². The smallest absolute Gasteiger partial charge is 0.335 e. The first-order valence-corrected chi connectivity index (χ1v) is 11.7. The monoisotopic (exact) mass is 544 g/mol. The number of hydrogen-bond acceptors (Lipinski definition) is 11. The Labute approximate surface area is 222 Å². The highest BCUT2D eigenvalue weighted by atomic mass is 16.5. The number of carboxylic acids is 1. The summed E-state index contributed by atoms with van der Waals surface area (Å²) in [5.74, 6) is -4.14. The first-order valence-electron chi connectivity index (χ1n) is 11.7. The number of carboxylic acid groups (broad SMARTS) is 1. The van der Waals surface area contributed by atoms with Gasteiger partial charge >= 0.3 is 5.97 Å². The quantitative estimate of drug-likeness (QED) is 0.157. The van der Waals surface area contributed by atoms with E-state index in [1.54, 1.807) is 0 Å². The molecule has 12 heteroatoms. The van der Waals surface area contributed by atoms with Gasteiger partial charge in [0.15, 0.2) is 40.2 Å². The van der Waals surface area contributed by atoms with Crippen LogP contribution in [-0.4, -0.2) is 90.4 Å². The predicted octanol–water partition coefficient (Wildman–Crippen LogP) is 1.11. The fraction of sp³-hybridized carbons (Fsp3) is 0.296. The van der Waals surface area contributed by atoms with E-state index in [0.717, 1.165) is 12.2 Å². The molecule has 0 aliphatic heterocycles. The Kier molecular flexibility index (Phi) is 9.43. The lowest BCUT2D eigenvalue weighted by Gasteiger charge is -2.41. The van der Waals surface area contributed by atoms with E-state index in [1.165, 1.54) is 48.6 Å². The van der Waals surface area contributed by atoms with Crippen molar-refractivity contribution in [1.82, 2.24) is 0 Å². The Hall–Kier alpha value is -4.23. The van der Waals surface area contributed by atoms with Gasteiger partial charge in [-0.25, -0.2) is 4.79 Å². The minimum Gasteiger partial charge on any atom is -0.504 e. The van der Waals surface area contributed by atoms with Crippen LogP contribution in [-0.2, 0) is 23.9 Å². The number of phenols is 4. The van der Waals surface area contributed by atoms with Crippen molar-refractivity contribution < 1.29 is 59.6 Å². The summed E-state index contributed by atoms with van der Waals surface area (Å²) in [4.78, 5) is 36.2. The maximum absolute atomic E-state index is 12.2. The Morgan fingerprint density at radius 2 is 1.18 bits per heavy atom. The molecule has 0 aromatic heterocycles. The van der Waals surface area contributed by atoms with Crippen molar-refractivity contribution in [1.29, 1.82) is 0 Å². The molecule has 39 heavy (non-hydrogen) atoms. The van der Waals surface area contributed by atoms with Crippen LogP contribution in [0.3, 0.4) is 0 Å². The molecule has 3 rings (SSSR count). The van der Waals surface area contributed by atoms with Crippen LogP contribution in [0.25, 0.3) is 12.2 Å². The maximum atomic E-state index is 12.2. The zero-order chi connectivity index (χ0) is 28.7. The number of aliphatic hydroxyl groups is 2. The molecule has 0 heterocycles. The second-order valence-electron chi connectivity index (χ2n) is 9.03. The molecule has 1 fully saturated rings. The van der Waals surface area contributed by atoms with Gasteiger partial charge in [-0.3, -0.25) is 9.59 Å². The second kappa shape index (κ2) is 12.5.